The zero-order valence-corrected chi connectivity index (χ0v) is 7.43. The molecule has 0 aliphatic carbocycles. The molecule has 1 rings (SSSR count). The molecule has 0 aliphatic rings. The molecule has 1 unspecified atom stereocenters. The SMILES string of the molecule is CCC(Nc1ccccc1)[N+](=O)[O-]. The van der Waals surface area contributed by atoms with E-state index < -0.39 is 6.17 Å². The number of hydrogen-bond acceptors (Lipinski definition) is 3. The highest BCUT2D eigenvalue weighted by Gasteiger charge is 2.15. The first-order valence-electron chi connectivity index (χ1n) is 4.19. The first-order valence-corrected chi connectivity index (χ1v) is 4.19. The monoisotopic (exact) mass is 180 g/mol. The van der Waals surface area contributed by atoms with Crippen LogP contribution in [0.4, 0.5) is 5.69 Å². The third-order valence-corrected chi connectivity index (χ3v) is 1.75. The maximum atomic E-state index is 10.5. The number of nitro groups is 1. The lowest BCUT2D eigenvalue weighted by Gasteiger charge is -2.09. The number of hydrogen-bond donors (Lipinski definition) is 1. The van der Waals surface area contributed by atoms with Crippen LogP contribution in [0.15, 0.2) is 30.3 Å². The fourth-order valence-electron chi connectivity index (χ4n) is 1.03. The summed E-state index contributed by atoms with van der Waals surface area (Å²) in [6.07, 6.45) is -0.218. The number of nitrogens with one attached hydrogen (secondary N) is 1. The van der Waals surface area contributed by atoms with Crippen molar-refractivity contribution in [1.82, 2.24) is 0 Å². The Morgan fingerprint density at radius 3 is 2.54 bits per heavy atom. The van der Waals surface area contributed by atoms with Crippen molar-refractivity contribution in [3.05, 3.63) is 40.4 Å². The minimum atomic E-state index is -0.692. The Morgan fingerprint density at radius 2 is 2.08 bits per heavy atom. The first-order chi connectivity index (χ1) is 6.24. The summed E-state index contributed by atoms with van der Waals surface area (Å²) in [5.41, 5.74) is 0.783. The molecule has 1 N–H and O–H groups in total. The Balaban J connectivity index is 2.62. The van der Waals surface area contributed by atoms with Crippen LogP contribution in [0.3, 0.4) is 0 Å². The molecular formula is C9H12N2O2. The lowest BCUT2D eigenvalue weighted by molar-refractivity contribution is -0.515. The molecule has 0 spiro atoms. The van der Waals surface area contributed by atoms with Gasteiger partial charge >= 0.3 is 0 Å². The molecular weight excluding hydrogens is 168 g/mol. The van der Waals surface area contributed by atoms with E-state index in [1.807, 2.05) is 30.3 Å². The van der Waals surface area contributed by atoms with E-state index in [-0.39, 0.29) is 4.92 Å². The zero-order valence-electron chi connectivity index (χ0n) is 7.43. The molecule has 1 aromatic rings. The highest BCUT2D eigenvalue weighted by molar-refractivity contribution is 5.42. The van der Waals surface area contributed by atoms with Crippen LogP contribution in [0.2, 0.25) is 0 Å². The second-order valence-corrected chi connectivity index (χ2v) is 2.72. The van der Waals surface area contributed by atoms with Crippen LogP contribution in [0.25, 0.3) is 0 Å². The Morgan fingerprint density at radius 1 is 1.46 bits per heavy atom. The van der Waals surface area contributed by atoms with Gasteiger partial charge in [0, 0.05) is 17.0 Å². The van der Waals surface area contributed by atoms with Crippen LogP contribution >= 0.6 is 0 Å². The van der Waals surface area contributed by atoms with Gasteiger partial charge in [0.25, 0.3) is 6.17 Å². The lowest BCUT2D eigenvalue weighted by atomic mass is 10.3. The highest BCUT2D eigenvalue weighted by Crippen LogP contribution is 2.08. The van der Waals surface area contributed by atoms with E-state index in [4.69, 9.17) is 0 Å². The Hall–Kier alpha value is -1.58. The molecule has 4 heteroatoms. The molecule has 70 valence electrons. The highest BCUT2D eigenvalue weighted by atomic mass is 16.6. The van der Waals surface area contributed by atoms with Gasteiger partial charge in [-0.2, -0.15) is 0 Å². The van der Waals surface area contributed by atoms with E-state index in [0.29, 0.717) is 6.42 Å². The molecule has 0 fully saturated rings. The van der Waals surface area contributed by atoms with Crippen LogP contribution in [0.1, 0.15) is 13.3 Å². The van der Waals surface area contributed by atoms with Gasteiger partial charge in [0.2, 0.25) is 0 Å². The van der Waals surface area contributed by atoms with Gasteiger partial charge in [-0.3, -0.25) is 10.1 Å². The van der Waals surface area contributed by atoms with Gasteiger partial charge in [0.15, 0.2) is 0 Å². The number of benzene rings is 1. The summed E-state index contributed by atoms with van der Waals surface area (Å²) >= 11 is 0. The summed E-state index contributed by atoms with van der Waals surface area (Å²) in [6, 6.07) is 9.18. The number of para-hydroxylation sites is 1. The largest absolute Gasteiger partial charge is 0.324 e. The van der Waals surface area contributed by atoms with Crippen molar-refractivity contribution < 1.29 is 4.92 Å². The maximum absolute atomic E-state index is 10.5. The second-order valence-electron chi connectivity index (χ2n) is 2.72. The average molecular weight is 180 g/mol. The van der Waals surface area contributed by atoms with E-state index in [1.165, 1.54) is 0 Å². The van der Waals surface area contributed by atoms with Gasteiger partial charge < -0.3 is 5.32 Å². The van der Waals surface area contributed by atoms with Crippen molar-refractivity contribution in [3.63, 3.8) is 0 Å². The van der Waals surface area contributed by atoms with Crippen LogP contribution in [-0.2, 0) is 0 Å². The maximum Gasteiger partial charge on any atom is 0.284 e. The van der Waals surface area contributed by atoms with Gasteiger partial charge in [0.05, 0.1) is 0 Å². The number of nitrogens with zero attached hydrogens (tertiary/aromatic N) is 1. The van der Waals surface area contributed by atoms with Crippen LogP contribution in [0.5, 0.6) is 0 Å². The molecule has 0 amide bonds. The Labute approximate surface area is 76.7 Å². The smallest absolute Gasteiger partial charge is 0.284 e. The third-order valence-electron chi connectivity index (χ3n) is 1.75. The first kappa shape index (κ1) is 9.51. The molecule has 0 aromatic heterocycles. The van der Waals surface area contributed by atoms with E-state index in [9.17, 15) is 10.1 Å². The van der Waals surface area contributed by atoms with Crippen LogP contribution < -0.4 is 5.32 Å². The summed E-state index contributed by atoms with van der Waals surface area (Å²) in [6.45, 7) is 1.78. The molecule has 4 nitrogen and oxygen atoms in total. The van der Waals surface area contributed by atoms with Crippen molar-refractivity contribution in [2.45, 2.75) is 19.5 Å². The average Bonchev–Trinajstić information content (AvgIpc) is 2.15. The van der Waals surface area contributed by atoms with Crippen molar-refractivity contribution in [2.75, 3.05) is 5.32 Å². The fourth-order valence-corrected chi connectivity index (χ4v) is 1.03. The zero-order chi connectivity index (χ0) is 9.68. The van der Waals surface area contributed by atoms with Gasteiger partial charge in [0.1, 0.15) is 0 Å². The van der Waals surface area contributed by atoms with Crippen LogP contribution in [0, 0.1) is 10.1 Å². The van der Waals surface area contributed by atoms with Gasteiger partial charge in [-0.25, -0.2) is 0 Å². The third kappa shape index (κ3) is 2.74. The Bertz CT molecular complexity index is 274. The summed E-state index contributed by atoms with van der Waals surface area (Å²) in [5.74, 6) is 0. The standard InChI is InChI=1S/C9H12N2O2/c1-2-9(11(12)13)10-8-6-4-3-5-7-8/h3-7,9-10H,2H2,1H3. The minimum Gasteiger partial charge on any atom is -0.324 e. The van der Waals surface area contributed by atoms with Crippen molar-refractivity contribution in [2.24, 2.45) is 0 Å². The molecule has 0 saturated heterocycles. The topological polar surface area (TPSA) is 55.2 Å². The van der Waals surface area contributed by atoms with E-state index in [0.717, 1.165) is 5.69 Å². The van der Waals surface area contributed by atoms with Crippen molar-refractivity contribution in [3.8, 4) is 0 Å². The number of rotatable bonds is 4. The van der Waals surface area contributed by atoms with Gasteiger partial charge in [-0.1, -0.05) is 25.1 Å². The van der Waals surface area contributed by atoms with E-state index in [1.54, 1.807) is 6.92 Å². The second kappa shape index (κ2) is 4.45. The molecule has 0 saturated carbocycles. The van der Waals surface area contributed by atoms with E-state index >= 15 is 0 Å². The Kier molecular flexibility index (Phi) is 3.25. The molecule has 13 heavy (non-hydrogen) atoms. The normalized spacial score (nSPS) is 12.1. The van der Waals surface area contributed by atoms with Crippen molar-refractivity contribution in [1.29, 1.82) is 0 Å². The molecule has 0 aliphatic heterocycles. The molecule has 1 aromatic carbocycles. The van der Waals surface area contributed by atoms with E-state index in [2.05, 4.69) is 5.32 Å². The molecule has 0 radical (unpaired) electrons. The predicted octanol–water partition coefficient (Wildman–Crippen LogP) is 2.11. The molecule has 0 bridgehead atoms. The predicted molar refractivity (Wildman–Crippen MR) is 51.1 cm³/mol. The minimum absolute atomic E-state index is 0.312. The quantitative estimate of drug-likeness (QED) is 0.438. The van der Waals surface area contributed by atoms with Crippen LogP contribution in [-0.4, -0.2) is 11.1 Å². The molecule has 0 heterocycles. The fraction of sp³-hybridized carbons (Fsp3) is 0.333. The van der Waals surface area contributed by atoms with Gasteiger partial charge in [-0.15, -0.1) is 0 Å². The summed E-state index contributed by atoms with van der Waals surface area (Å²) < 4.78 is 0. The number of anilines is 1. The summed E-state index contributed by atoms with van der Waals surface area (Å²) in [4.78, 5) is 10.2. The lowest BCUT2D eigenvalue weighted by Crippen LogP contribution is -2.27. The molecule has 1 atom stereocenters. The summed E-state index contributed by atoms with van der Waals surface area (Å²) in [5, 5.41) is 13.3. The van der Waals surface area contributed by atoms with Crippen molar-refractivity contribution >= 4 is 5.69 Å². The summed E-state index contributed by atoms with van der Waals surface area (Å²) in [7, 11) is 0. The van der Waals surface area contributed by atoms with Gasteiger partial charge in [-0.05, 0) is 12.1 Å².